The van der Waals surface area contributed by atoms with Crippen LogP contribution in [-0.2, 0) is 9.59 Å². The van der Waals surface area contributed by atoms with Crippen LogP contribution in [0.15, 0.2) is 36.2 Å². The van der Waals surface area contributed by atoms with Crippen molar-refractivity contribution in [2.24, 2.45) is 0 Å². The molecule has 3 rings (SSSR count). The molecule has 1 saturated heterocycles. The van der Waals surface area contributed by atoms with E-state index in [4.69, 9.17) is 32.7 Å². The molecule has 0 spiro atoms. The Morgan fingerprint density at radius 1 is 1.17 bits per heavy atom. The molecule has 1 aliphatic heterocycles. The molecule has 158 valence electrons. The zero-order chi connectivity index (χ0) is 22.0. The van der Waals surface area contributed by atoms with Crippen molar-refractivity contribution in [3.05, 3.63) is 57.3 Å². The number of halogens is 2. The van der Waals surface area contributed by atoms with Gasteiger partial charge in [0.2, 0.25) is 0 Å². The maximum Gasteiger partial charge on any atom is 0.295 e. The van der Waals surface area contributed by atoms with Crippen molar-refractivity contribution in [2.45, 2.75) is 19.4 Å². The molecule has 2 heterocycles. The summed E-state index contributed by atoms with van der Waals surface area (Å²) in [5.74, 6) is -1.68. The first kappa shape index (κ1) is 21.9. The minimum Gasteiger partial charge on any atom is -0.507 e. The van der Waals surface area contributed by atoms with Crippen molar-refractivity contribution in [1.29, 1.82) is 0 Å². The number of rotatable bonds is 6. The van der Waals surface area contributed by atoms with Crippen LogP contribution in [0.4, 0.5) is 0 Å². The van der Waals surface area contributed by atoms with Gasteiger partial charge in [-0.15, -0.1) is 0 Å². The summed E-state index contributed by atoms with van der Waals surface area (Å²) in [6.07, 6.45) is 3.75. The lowest BCUT2D eigenvalue weighted by Crippen LogP contribution is -2.30. The summed E-state index contributed by atoms with van der Waals surface area (Å²) in [6.45, 7) is 2.24. The van der Waals surface area contributed by atoms with Gasteiger partial charge in [-0.3, -0.25) is 14.6 Å². The third kappa shape index (κ3) is 3.59. The second-order valence-corrected chi connectivity index (χ2v) is 7.34. The van der Waals surface area contributed by atoms with Crippen LogP contribution in [0.5, 0.6) is 11.5 Å². The number of aromatic nitrogens is 1. The summed E-state index contributed by atoms with van der Waals surface area (Å²) in [5, 5.41) is 11.3. The highest BCUT2D eigenvalue weighted by Crippen LogP contribution is 2.47. The molecule has 0 radical (unpaired) electrons. The van der Waals surface area contributed by atoms with Crippen LogP contribution in [0.2, 0.25) is 10.0 Å². The number of pyridine rings is 1. The normalized spacial score (nSPS) is 18.0. The molecule has 7 nitrogen and oxygen atoms in total. The van der Waals surface area contributed by atoms with E-state index in [1.54, 1.807) is 24.5 Å². The number of ketones is 1. The van der Waals surface area contributed by atoms with Crippen molar-refractivity contribution in [3.63, 3.8) is 0 Å². The van der Waals surface area contributed by atoms with Gasteiger partial charge in [0, 0.05) is 18.9 Å². The van der Waals surface area contributed by atoms with Gasteiger partial charge in [-0.25, -0.2) is 0 Å². The van der Waals surface area contributed by atoms with Gasteiger partial charge >= 0.3 is 0 Å². The molecule has 1 aromatic carbocycles. The number of hydrogen-bond donors (Lipinski definition) is 1. The van der Waals surface area contributed by atoms with E-state index < -0.39 is 23.5 Å². The molecule has 9 heteroatoms. The third-order valence-electron chi connectivity index (χ3n) is 4.82. The highest BCUT2D eigenvalue weighted by Gasteiger charge is 2.46. The minimum absolute atomic E-state index is 0.0392. The van der Waals surface area contributed by atoms with Crippen LogP contribution >= 0.6 is 23.2 Å². The number of carbonyl (C=O) groups excluding carboxylic acids is 2. The monoisotopic (exact) mass is 450 g/mol. The van der Waals surface area contributed by atoms with Gasteiger partial charge in [0.1, 0.15) is 10.8 Å². The zero-order valence-corrected chi connectivity index (χ0v) is 18.1. The van der Waals surface area contributed by atoms with Crippen molar-refractivity contribution in [1.82, 2.24) is 9.88 Å². The molecule has 0 bridgehead atoms. The molecule has 1 aromatic heterocycles. The van der Waals surface area contributed by atoms with Gasteiger partial charge in [0.05, 0.1) is 36.4 Å². The first-order valence-corrected chi connectivity index (χ1v) is 9.91. The van der Waals surface area contributed by atoms with Crippen LogP contribution in [0.3, 0.4) is 0 Å². The van der Waals surface area contributed by atoms with E-state index >= 15 is 0 Å². The molecule has 2 aromatic rings. The lowest BCUT2D eigenvalue weighted by Gasteiger charge is -2.25. The number of hydrogen-bond acceptors (Lipinski definition) is 6. The van der Waals surface area contributed by atoms with E-state index in [-0.39, 0.29) is 32.7 Å². The number of benzene rings is 1. The number of carbonyl (C=O) groups is 2. The zero-order valence-electron chi connectivity index (χ0n) is 16.6. The lowest BCUT2D eigenvalue weighted by molar-refractivity contribution is -0.139. The predicted octanol–water partition coefficient (Wildman–Crippen LogP) is 4.24. The van der Waals surface area contributed by atoms with Crippen molar-refractivity contribution in [3.8, 4) is 11.5 Å². The molecule has 1 aliphatic rings. The molecule has 1 unspecified atom stereocenters. The molecule has 0 saturated carbocycles. The highest BCUT2D eigenvalue weighted by atomic mass is 35.5. The molecule has 30 heavy (non-hydrogen) atoms. The first-order chi connectivity index (χ1) is 14.4. The Balaban J connectivity index is 2.29. The molecular weight excluding hydrogens is 431 g/mol. The topological polar surface area (TPSA) is 89.0 Å². The average molecular weight is 451 g/mol. The van der Waals surface area contributed by atoms with Gasteiger partial charge in [-0.1, -0.05) is 30.1 Å². The molecule has 1 fully saturated rings. The van der Waals surface area contributed by atoms with Crippen molar-refractivity contribution >= 4 is 40.7 Å². The number of amides is 1. The Bertz CT molecular complexity index is 1020. The summed E-state index contributed by atoms with van der Waals surface area (Å²) >= 11 is 12.6. The molecule has 1 amide bonds. The van der Waals surface area contributed by atoms with Crippen LogP contribution in [0.1, 0.15) is 30.5 Å². The number of nitrogens with zero attached hydrogens (tertiary/aromatic N) is 2. The summed E-state index contributed by atoms with van der Waals surface area (Å²) in [7, 11) is 2.76. The SMILES string of the molecule is CCCN1C(=O)C(=O)/C(=C(/O)c2cc(Cl)c(OC)c(Cl)c2OC)C1c1ccncc1. The molecule has 1 N–H and O–H groups in total. The molecule has 1 atom stereocenters. The van der Waals surface area contributed by atoms with Crippen LogP contribution in [0.25, 0.3) is 5.76 Å². The van der Waals surface area contributed by atoms with Gasteiger partial charge in [0.15, 0.2) is 11.5 Å². The Labute approximate surface area is 183 Å². The standard InChI is InChI=1S/C21H20Cl2N2O5/c1-4-9-25-16(11-5-7-24-8-6-11)14(18(27)21(25)28)17(26)12-10-13(22)20(30-3)15(23)19(12)29-2/h5-8,10,16,26H,4,9H2,1-3H3/b17-14+. The minimum atomic E-state index is -0.798. The van der Waals surface area contributed by atoms with Gasteiger partial charge < -0.3 is 19.5 Å². The van der Waals surface area contributed by atoms with E-state index in [9.17, 15) is 14.7 Å². The summed E-state index contributed by atoms with van der Waals surface area (Å²) in [4.78, 5) is 31.1. The Morgan fingerprint density at radius 3 is 2.37 bits per heavy atom. The fourth-order valence-corrected chi connectivity index (χ4v) is 4.22. The Kier molecular flexibility index (Phi) is 6.53. The maximum atomic E-state index is 12.9. The largest absolute Gasteiger partial charge is 0.507 e. The number of aliphatic hydroxyl groups excluding tert-OH is 1. The number of methoxy groups -OCH3 is 2. The highest BCUT2D eigenvalue weighted by molar-refractivity contribution is 6.47. The first-order valence-electron chi connectivity index (χ1n) is 9.15. The number of likely N-dealkylation sites (tertiary alicyclic amines) is 1. The van der Waals surface area contributed by atoms with E-state index in [1.165, 1.54) is 25.2 Å². The number of ether oxygens (including phenoxy) is 2. The second-order valence-electron chi connectivity index (χ2n) is 6.56. The quantitative estimate of drug-likeness (QED) is 0.402. The van der Waals surface area contributed by atoms with E-state index in [0.29, 0.717) is 18.5 Å². The number of Topliss-reactive ketones (excluding diaryl/α,β-unsaturated/α-hetero) is 1. The van der Waals surface area contributed by atoms with Crippen LogP contribution in [-0.4, -0.2) is 47.4 Å². The molecule has 0 aliphatic carbocycles. The Hall–Kier alpha value is -2.77. The summed E-state index contributed by atoms with van der Waals surface area (Å²) in [5.41, 5.74) is 0.654. The second kappa shape index (κ2) is 8.93. The maximum absolute atomic E-state index is 12.9. The lowest BCUT2D eigenvalue weighted by atomic mass is 9.95. The predicted molar refractivity (Wildman–Crippen MR) is 113 cm³/mol. The van der Waals surface area contributed by atoms with Gasteiger partial charge in [0.25, 0.3) is 11.7 Å². The van der Waals surface area contributed by atoms with E-state index in [1.807, 2.05) is 6.92 Å². The fraction of sp³-hybridized carbons (Fsp3) is 0.286. The fourth-order valence-electron chi connectivity index (χ4n) is 3.54. The van der Waals surface area contributed by atoms with E-state index in [2.05, 4.69) is 4.98 Å². The smallest absolute Gasteiger partial charge is 0.295 e. The summed E-state index contributed by atoms with van der Waals surface area (Å²) in [6, 6.07) is 3.99. The summed E-state index contributed by atoms with van der Waals surface area (Å²) < 4.78 is 10.5. The van der Waals surface area contributed by atoms with Crippen LogP contribution < -0.4 is 9.47 Å². The van der Waals surface area contributed by atoms with E-state index in [0.717, 1.165) is 0 Å². The Morgan fingerprint density at radius 2 is 1.80 bits per heavy atom. The number of aliphatic hydroxyl groups is 1. The van der Waals surface area contributed by atoms with Crippen molar-refractivity contribution in [2.75, 3.05) is 20.8 Å². The van der Waals surface area contributed by atoms with Gasteiger partial charge in [-0.05, 0) is 30.2 Å². The average Bonchev–Trinajstić information content (AvgIpc) is 2.99. The molecular formula is C21H20Cl2N2O5. The third-order valence-corrected chi connectivity index (χ3v) is 5.45. The van der Waals surface area contributed by atoms with Crippen molar-refractivity contribution < 1.29 is 24.2 Å². The van der Waals surface area contributed by atoms with Gasteiger partial charge in [-0.2, -0.15) is 0 Å². The van der Waals surface area contributed by atoms with Crippen LogP contribution in [0, 0.1) is 0 Å².